The Morgan fingerprint density at radius 1 is 1.14 bits per heavy atom. The molecule has 8 heteroatoms. The van der Waals surface area contributed by atoms with E-state index in [1.54, 1.807) is 23.9 Å². The van der Waals surface area contributed by atoms with Crippen molar-refractivity contribution in [3.8, 4) is 5.82 Å². The van der Waals surface area contributed by atoms with Gasteiger partial charge in [-0.15, -0.1) is 0 Å². The first-order valence-electron chi connectivity index (χ1n) is 9.02. The van der Waals surface area contributed by atoms with Gasteiger partial charge in [-0.1, -0.05) is 12.1 Å². The van der Waals surface area contributed by atoms with Gasteiger partial charge in [-0.05, 0) is 50.1 Å². The third-order valence-electron chi connectivity index (χ3n) is 4.78. The van der Waals surface area contributed by atoms with E-state index in [-0.39, 0.29) is 11.5 Å². The summed E-state index contributed by atoms with van der Waals surface area (Å²) >= 11 is 0. The number of hydrogen-bond acceptors (Lipinski definition) is 4. The number of ketones is 1. The predicted molar refractivity (Wildman–Crippen MR) is 102 cm³/mol. The summed E-state index contributed by atoms with van der Waals surface area (Å²) < 4.78 is 40.3. The molecular formula is C21H17F3N4O. The lowest BCUT2D eigenvalue weighted by Gasteiger charge is -2.16. The molecule has 2 aromatic heterocycles. The maximum atomic E-state index is 13.0. The lowest BCUT2D eigenvalue weighted by atomic mass is 9.90. The third kappa shape index (κ3) is 3.65. The Labute approximate surface area is 164 Å². The Morgan fingerprint density at radius 2 is 1.97 bits per heavy atom. The molecule has 0 saturated carbocycles. The lowest BCUT2D eigenvalue weighted by Crippen LogP contribution is -2.17. The Hall–Kier alpha value is -3.42. The number of benzene rings is 1. The van der Waals surface area contributed by atoms with Crippen LogP contribution in [0.4, 0.5) is 18.9 Å². The van der Waals surface area contributed by atoms with E-state index in [9.17, 15) is 18.0 Å². The van der Waals surface area contributed by atoms with Crippen molar-refractivity contribution in [3.05, 3.63) is 82.9 Å². The second-order valence-electron chi connectivity index (χ2n) is 6.73. The molecule has 0 unspecified atom stereocenters. The zero-order valence-corrected chi connectivity index (χ0v) is 15.5. The third-order valence-corrected chi connectivity index (χ3v) is 4.78. The number of carbonyl (C=O) groups excluding carboxylic acids is 1. The van der Waals surface area contributed by atoms with Gasteiger partial charge in [0.1, 0.15) is 0 Å². The van der Waals surface area contributed by atoms with Crippen molar-refractivity contribution in [2.75, 3.05) is 5.32 Å². The molecule has 29 heavy (non-hydrogen) atoms. The number of carbonyl (C=O) groups is 1. The molecule has 1 aliphatic rings. The zero-order valence-electron chi connectivity index (χ0n) is 15.5. The largest absolute Gasteiger partial charge is 0.416 e. The van der Waals surface area contributed by atoms with Gasteiger partial charge >= 0.3 is 6.18 Å². The molecule has 0 amide bonds. The van der Waals surface area contributed by atoms with E-state index >= 15 is 0 Å². The fourth-order valence-electron chi connectivity index (χ4n) is 3.39. The molecule has 3 aromatic rings. The molecule has 0 saturated heterocycles. The molecule has 0 radical (unpaired) electrons. The van der Waals surface area contributed by atoms with E-state index in [1.165, 1.54) is 18.3 Å². The minimum Gasteiger partial charge on any atom is -0.361 e. The standard InChI is InChI=1S/C21H17F3N4O/c1-13-19-17(28(27-13)18-7-2-3-10-25-18)9-8-14(20(19)29)12-26-16-6-4-5-15(11-16)21(22,23)24/h2-7,10-12,26H,8-9H2,1H3/b14-12-. The highest BCUT2D eigenvalue weighted by Gasteiger charge is 2.31. The van der Waals surface area contributed by atoms with E-state index in [4.69, 9.17) is 0 Å². The molecule has 1 aromatic carbocycles. The molecule has 0 bridgehead atoms. The first-order valence-corrected chi connectivity index (χ1v) is 9.02. The maximum Gasteiger partial charge on any atom is 0.416 e. The van der Waals surface area contributed by atoms with Crippen LogP contribution in [-0.4, -0.2) is 20.5 Å². The van der Waals surface area contributed by atoms with Gasteiger partial charge < -0.3 is 5.32 Å². The molecule has 0 fully saturated rings. The highest BCUT2D eigenvalue weighted by Crippen LogP contribution is 2.32. The van der Waals surface area contributed by atoms with Crippen LogP contribution in [0.2, 0.25) is 0 Å². The maximum absolute atomic E-state index is 13.0. The summed E-state index contributed by atoms with van der Waals surface area (Å²) in [6.07, 6.45) is -0.242. The number of nitrogens with zero attached hydrogens (tertiary/aromatic N) is 3. The van der Waals surface area contributed by atoms with Crippen molar-refractivity contribution in [1.82, 2.24) is 14.8 Å². The fraction of sp³-hybridized carbons (Fsp3) is 0.190. The summed E-state index contributed by atoms with van der Waals surface area (Å²) in [6.45, 7) is 1.76. The summed E-state index contributed by atoms with van der Waals surface area (Å²) in [5.41, 5.74) is 1.94. The highest BCUT2D eigenvalue weighted by atomic mass is 19.4. The molecule has 0 spiro atoms. The van der Waals surface area contributed by atoms with Crippen molar-refractivity contribution >= 4 is 11.5 Å². The topological polar surface area (TPSA) is 59.8 Å². The number of pyridine rings is 1. The van der Waals surface area contributed by atoms with Gasteiger partial charge in [-0.3, -0.25) is 4.79 Å². The van der Waals surface area contributed by atoms with Crippen LogP contribution in [0, 0.1) is 6.92 Å². The second kappa shape index (κ2) is 7.20. The molecule has 4 rings (SSSR count). The average Bonchev–Trinajstić information content (AvgIpc) is 3.05. The predicted octanol–water partition coefficient (Wildman–Crippen LogP) is 4.72. The van der Waals surface area contributed by atoms with Gasteiger partial charge in [-0.2, -0.15) is 18.3 Å². The van der Waals surface area contributed by atoms with Crippen molar-refractivity contribution in [3.63, 3.8) is 0 Å². The highest BCUT2D eigenvalue weighted by molar-refractivity contribution is 6.11. The molecule has 5 nitrogen and oxygen atoms in total. The number of anilines is 1. The number of nitrogens with one attached hydrogen (secondary N) is 1. The molecule has 148 valence electrons. The summed E-state index contributed by atoms with van der Waals surface area (Å²) in [5.74, 6) is 0.463. The normalized spacial score (nSPS) is 15.4. The number of allylic oxidation sites excluding steroid dienone is 1. The second-order valence-corrected chi connectivity index (χ2v) is 6.73. The summed E-state index contributed by atoms with van der Waals surface area (Å²) in [5, 5.41) is 7.29. The van der Waals surface area contributed by atoms with E-state index in [0.717, 1.165) is 17.8 Å². The van der Waals surface area contributed by atoms with Crippen LogP contribution in [0.3, 0.4) is 0 Å². The summed E-state index contributed by atoms with van der Waals surface area (Å²) in [7, 11) is 0. The molecule has 0 aliphatic heterocycles. The van der Waals surface area contributed by atoms with Gasteiger partial charge in [0.25, 0.3) is 0 Å². The van der Waals surface area contributed by atoms with Crippen LogP contribution in [0.1, 0.15) is 33.7 Å². The van der Waals surface area contributed by atoms with Crippen molar-refractivity contribution < 1.29 is 18.0 Å². The monoisotopic (exact) mass is 398 g/mol. The van der Waals surface area contributed by atoms with Gasteiger partial charge in [0.2, 0.25) is 0 Å². The Balaban J connectivity index is 1.61. The van der Waals surface area contributed by atoms with E-state index in [2.05, 4.69) is 15.4 Å². The Bertz CT molecular complexity index is 1100. The SMILES string of the molecule is Cc1nn(-c2ccccn2)c2c1C(=O)/C(=C\Nc1cccc(C(F)(F)F)c1)CC2. The van der Waals surface area contributed by atoms with Gasteiger partial charge in [0.15, 0.2) is 11.6 Å². The van der Waals surface area contributed by atoms with Crippen LogP contribution in [0.25, 0.3) is 5.82 Å². The van der Waals surface area contributed by atoms with Crippen LogP contribution < -0.4 is 5.32 Å². The van der Waals surface area contributed by atoms with E-state index in [1.807, 2.05) is 12.1 Å². The van der Waals surface area contributed by atoms with Gasteiger partial charge in [-0.25, -0.2) is 9.67 Å². The van der Waals surface area contributed by atoms with Crippen LogP contribution in [0.5, 0.6) is 0 Å². The molecule has 2 heterocycles. The zero-order chi connectivity index (χ0) is 20.6. The van der Waals surface area contributed by atoms with Gasteiger partial charge in [0, 0.05) is 23.7 Å². The Morgan fingerprint density at radius 3 is 2.69 bits per heavy atom. The smallest absolute Gasteiger partial charge is 0.361 e. The fourth-order valence-corrected chi connectivity index (χ4v) is 3.39. The minimum absolute atomic E-state index is 0.176. The number of hydrogen-bond donors (Lipinski definition) is 1. The van der Waals surface area contributed by atoms with Crippen LogP contribution in [-0.2, 0) is 12.6 Å². The number of halogens is 3. The summed E-state index contributed by atoms with van der Waals surface area (Å²) in [6, 6.07) is 10.3. The number of aryl methyl sites for hydroxylation is 1. The number of Topliss-reactive ketones (excluding diaryl/α,β-unsaturated/α-hetero) is 1. The first-order chi connectivity index (χ1) is 13.8. The number of fused-ring (bicyclic) bond motifs is 1. The first kappa shape index (κ1) is 18.9. The minimum atomic E-state index is -4.42. The molecule has 1 aliphatic carbocycles. The van der Waals surface area contributed by atoms with Crippen molar-refractivity contribution in [2.45, 2.75) is 25.9 Å². The summed E-state index contributed by atoms with van der Waals surface area (Å²) in [4.78, 5) is 17.3. The molecule has 0 atom stereocenters. The van der Waals surface area contributed by atoms with Gasteiger partial charge in [0.05, 0.1) is 22.5 Å². The van der Waals surface area contributed by atoms with Crippen molar-refractivity contribution in [1.29, 1.82) is 0 Å². The molecular weight excluding hydrogens is 381 g/mol. The quantitative estimate of drug-likeness (QED) is 0.649. The molecule has 1 N–H and O–H groups in total. The van der Waals surface area contributed by atoms with Crippen molar-refractivity contribution in [2.24, 2.45) is 0 Å². The lowest BCUT2D eigenvalue weighted by molar-refractivity contribution is -0.137. The number of alkyl halides is 3. The number of aromatic nitrogens is 3. The van der Waals surface area contributed by atoms with E-state index in [0.29, 0.717) is 35.5 Å². The average molecular weight is 398 g/mol. The number of rotatable bonds is 3. The van der Waals surface area contributed by atoms with Crippen LogP contribution >= 0.6 is 0 Å². The van der Waals surface area contributed by atoms with Crippen LogP contribution in [0.15, 0.2) is 60.4 Å². The van der Waals surface area contributed by atoms with E-state index < -0.39 is 11.7 Å². The Kier molecular flexibility index (Phi) is 4.70.